The minimum Gasteiger partial charge on any atom is -0.439 e. The van der Waals surface area contributed by atoms with Gasteiger partial charge in [0.2, 0.25) is 5.89 Å². The number of aromatic nitrogens is 3. The van der Waals surface area contributed by atoms with Gasteiger partial charge in [0.25, 0.3) is 0 Å². The van der Waals surface area contributed by atoms with Gasteiger partial charge < -0.3 is 4.42 Å². The molecule has 2 aromatic heterocycles. The molecule has 4 aromatic rings. The summed E-state index contributed by atoms with van der Waals surface area (Å²) in [6.45, 7) is 9.88. The summed E-state index contributed by atoms with van der Waals surface area (Å²) in [4.78, 5) is 26.4. The molecule has 1 atom stereocenters. The zero-order valence-corrected chi connectivity index (χ0v) is 18.9. The minimum atomic E-state index is -0.320. The lowest BCUT2D eigenvalue weighted by atomic mass is 9.93. The Labute approximate surface area is 186 Å². The number of fused-ring (bicyclic) bond motifs is 1. The summed E-state index contributed by atoms with van der Waals surface area (Å²) in [5, 5.41) is 0. The van der Waals surface area contributed by atoms with Crippen LogP contribution in [0.2, 0.25) is 0 Å². The van der Waals surface area contributed by atoms with Crippen LogP contribution in [-0.2, 0) is 5.41 Å². The molecule has 2 heterocycles. The molecule has 0 fully saturated rings. The lowest BCUT2D eigenvalue weighted by molar-refractivity contribution is 0.0975. The van der Waals surface area contributed by atoms with Gasteiger partial charge in [-0.05, 0) is 48.2 Å². The zero-order chi connectivity index (χ0) is 23.0. The van der Waals surface area contributed by atoms with Crippen LogP contribution in [0.4, 0.5) is 4.39 Å². The Bertz CT molecular complexity index is 1270. The number of carbonyl (C=O) groups excluding carboxylic acids is 1. The third-order valence-electron chi connectivity index (χ3n) is 5.47. The highest BCUT2D eigenvalue weighted by Gasteiger charge is 2.24. The number of nitrogens with zero attached hydrogens (tertiary/aromatic N) is 3. The Balaban J connectivity index is 1.76. The fourth-order valence-corrected chi connectivity index (χ4v) is 3.53. The van der Waals surface area contributed by atoms with Gasteiger partial charge in [-0.1, -0.05) is 39.8 Å². The molecule has 5 nitrogen and oxygen atoms in total. The van der Waals surface area contributed by atoms with Gasteiger partial charge in [0.15, 0.2) is 11.4 Å². The smallest absolute Gasteiger partial charge is 0.200 e. The quantitative estimate of drug-likeness (QED) is 0.342. The van der Waals surface area contributed by atoms with Crippen molar-refractivity contribution in [2.45, 2.75) is 52.4 Å². The third kappa shape index (κ3) is 4.44. The maximum absolute atomic E-state index is 13.5. The van der Waals surface area contributed by atoms with Crippen LogP contribution in [0, 0.1) is 12.7 Å². The van der Waals surface area contributed by atoms with Crippen LogP contribution in [0.3, 0.4) is 0 Å². The van der Waals surface area contributed by atoms with Crippen molar-refractivity contribution < 1.29 is 13.6 Å². The monoisotopic (exact) mass is 431 g/mol. The van der Waals surface area contributed by atoms with E-state index in [1.807, 2.05) is 40.7 Å². The molecule has 4 rings (SSSR count). The van der Waals surface area contributed by atoms with Crippen molar-refractivity contribution in [1.82, 2.24) is 15.0 Å². The molecular weight excluding hydrogens is 405 g/mol. The highest BCUT2D eigenvalue weighted by Crippen LogP contribution is 2.35. The van der Waals surface area contributed by atoms with E-state index in [9.17, 15) is 9.18 Å². The number of rotatable bonds is 5. The molecule has 0 N–H and O–H groups in total. The highest BCUT2D eigenvalue weighted by atomic mass is 19.1. The molecule has 0 radical (unpaired) electrons. The van der Waals surface area contributed by atoms with E-state index in [0.717, 1.165) is 16.7 Å². The molecule has 0 spiro atoms. The van der Waals surface area contributed by atoms with Crippen molar-refractivity contribution in [3.05, 3.63) is 77.5 Å². The first-order chi connectivity index (χ1) is 15.1. The predicted molar refractivity (Wildman–Crippen MR) is 122 cm³/mol. The van der Waals surface area contributed by atoms with Crippen molar-refractivity contribution in [2.75, 3.05) is 0 Å². The Hall–Kier alpha value is -3.41. The van der Waals surface area contributed by atoms with Gasteiger partial charge in [0, 0.05) is 35.4 Å². The Kier molecular flexibility index (Phi) is 5.63. The van der Waals surface area contributed by atoms with Gasteiger partial charge in [0.05, 0.1) is 0 Å². The van der Waals surface area contributed by atoms with Gasteiger partial charge in [-0.2, -0.15) is 0 Å². The molecule has 0 unspecified atom stereocenters. The summed E-state index contributed by atoms with van der Waals surface area (Å²) in [6.07, 6.45) is 3.84. The highest BCUT2D eigenvalue weighted by molar-refractivity contribution is 6.03. The predicted octanol–water partition coefficient (Wildman–Crippen LogP) is 6.41. The van der Waals surface area contributed by atoms with E-state index in [0.29, 0.717) is 34.8 Å². The summed E-state index contributed by atoms with van der Waals surface area (Å²) in [7, 11) is 0. The van der Waals surface area contributed by atoms with Crippen molar-refractivity contribution in [3.8, 4) is 11.1 Å². The van der Waals surface area contributed by atoms with Crippen LogP contribution < -0.4 is 0 Å². The molecule has 0 aliphatic rings. The molecule has 0 aliphatic heterocycles. The number of oxazole rings is 1. The van der Waals surface area contributed by atoms with Gasteiger partial charge >= 0.3 is 0 Å². The molecule has 32 heavy (non-hydrogen) atoms. The average molecular weight is 432 g/mol. The molecule has 0 amide bonds. The second-order valence-corrected chi connectivity index (χ2v) is 9.24. The maximum atomic E-state index is 13.5. The first-order valence-electron chi connectivity index (χ1n) is 10.6. The standard InChI is InChI=1S/C26H26FN3O2/c1-15(19-13-28-16(2)29-14-19)10-23(31)18-11-21(17-6-8-20(27)9-7-17)24-22(12-18)30-25(32-24)26(3,4)5/h6-9,11-15H,10H2,1-5H3/t15-/m0/s1. The lowest BCUT2D eigenvalue weighted by Crippen LogP contribution is -2.11. The molecule has 6 heteroatoms. The molecule has 0 saturated heterocycles. The maximum Gasteiger partial charge on any atom is 0.200 e. The number of ketones is 1. The lowest BCUT2D eigenvalue weighted by Gasteiger charge is -2.12. The van der Waals surface area contributed by atoms with Crippen LogP contribution in [0.1, 0.15) is 67.7 Å². The number of hydrogen-bond acceptors (Lipinski definition) is 5. The topological polar surface area (TPSA) is 68.9 Å². The van der Waals surface area contributed by atoms with Crippen molar-refractivity contribution in [2.24, 2.45) is 0 Å². The zero-order valence-electron chi connectivity index (χ0n) is 18.9. The second-order valence-electron chi connectivity index (χ2n) is 9.24. The van der Waals surface area contributed by atoms with Crippen LogP contribution in [0.15, 0.2) is 53.2 Å². The van der Waals surface area contributed by atoms with Crippen molar-refractivity contribution in [3.63, 3.8) is 0 Å². The number of aryl methyl sites for hydroxylation is 1. The first-order valence-corrected chi connectivity index (χ1v) is 10.6. The summed E-state index contributed by atoms with van der Waals surface area (Å²) in [5.41, 5.74) is 3.88. The molecular formula is C26H26FN3O2. The van der Waals surface area contributed by atoms with E-state index in [-0.39, 0.29) is 22.9 Å². The summed E-state index contributed by atoms with van der Waals surface area (Å²) in [5.74, 6) is 0.923. The van der Waals surface area contributed by atoms with E-state index in [1.54, 1.807) is 30.6 Å². The van der Waals surface area contributed by atoms with Crippen LogP contribution in [-0.4, -0.2) is 20.7 Å². The fraction of sp³-hybridized carbons (Fsp3) is 0.308. The number of Topliss-reactive ketones (excluding diaryl/α,β-unsaturated/α-hetero) is 1. The van der Waals surface area contributed by atoms with Gasteiger partial charge in [-0.3, -0.25) is 4.79 Å². The van der Waals surface area contributed by atoms with E-state index in [4.69, 9.17) is 4.42 Å². The Morgan fingerprint density at radius 2 is 1.75 bits per heavy atom. The summed E-state index contributed by atoms with van der Waals surface area (Å²) >= 11 is 0. The van der Waals surface area contributed by atoms with Crippen LogP contribution in [0.5, 0.6) is 0 Å². The Morgan fingerprint density at radius 1 is 1.09 bits per heavy atom. The van der Waals surface area contributed by atoms with Crippen LogP contribution >= 0.6 is 0 Å². The van der Waals surface area contributed by atoms with E-state index in [2.05, 4.69) is 15.0 Å². The normalized spacial score (nSPS) is 12.8. The second kappa shape index (κ2) is 8.26. The van der Waals surface area contributed by atoms with Crippen molar-refractivity contribution in [1.29, 1.82) is 0 Å². The van der Waals surface area contributed by atoms with E-state index < -0.39 is 0 Å². The molecule has 0 aliphatic carbocycles. The van der Waals surface area contributed by atoms with Gasteiger partial charge in [-0.25, -0.2) is 19.3 Å². The number of benzene rings is 2. The van der Waals surface area contributed by atoms with Crippen molar-refractivity contribution >= 4 is 16.9 Å². The minimum absolute atomic E-state index is 0.0105. The molecule has 0 bridgehead atoms. The molecule has 164 valence electrons. The fourth-order valence-electron chi connectivity index (χ4n) is 3.53. The van der Waals surface area contributed by atoms with Gasteiger partial charge in [-0.15, -0.1) is 0 Å². The molecule has 2 aromatic carbocycles. The van der Waals surface area contributed by atoms with Crippen LogP contribution in [0.25, 0.3) is 22.2 Å². The summed E-state index contributed by atoms with van der Waals surface area (Å²) < 4.78 is 19.6. The van der Waals surface area contributed by atoms with Gasteiger partial charge in [0.1, 0.15) is 17.2 Å². The Morgan fingerprint density at radius 3 is 2.38 bits per heavy atom. The average Bonchev–Trinajstić information content (AvgIpc) is 3.19. The third-order valence-corrected chi connectivity index (χ3v) is 5.47. The number of carbonyl (C=O) groups is 1. The number of hydrogen-bond donors (Lipinski definition) is 0. The largest absolute Gasteiger partial charge is 0.439 e. The number of halogens is 1. The SMILES string of the molecule is Cc1ncc([C@@H](C)CC(=O)c2cc(-c3ccc(F)cc3)c3oc(C(C)(C)C)nc3c2)cn1. The molecule has 0 saturated carbocycles. The summed E-state index contributed by atoms with van der Waals surface area (Å²) in [6, 6.07) is 9.76. The van der Waals surface area contributed by atoms with E-state index >= 15 is 0 Å². The van der Waals surface area contributed by atoms with E-state index in [1.165, 1.54) is 12.1 Å². The first kappa shape index (κ1) is 21.8.